The molecule has 0 saturated carbocycles. The smallest absolute Gasteiger partial charge is 0.254 e. The third-order valence-electron chi connectivity index (χ3n) is 2.62. The number of carbonyl (C=O) groups is 1. The molecule has 1 amide bonds. The molecule has 1 aromatic heterocycles. The first-order valence-corrected chi connectivity index (χ1v) is 5.59. The Labute approximate surface area is 100 Å². The molecule has 1 heterocycles. The average Bonchev–Trinajstić information content (AvgIpc) is 2.77. The van der Waals surface area contributed by atoms with Crippen LogP contribution in [0.3, 0.4) is 0 Å². The van der Waals surface area contributed by atoms with Crippen LogP contribution in [0.15, 0.2) is 36.5 Å². The Morgan fingerprint density at radius 3 is 2.76 bits per heavy atom. The van der Waals surface area contributed by atoms with E-state index in [-0.39, 0.29) is 5.91 Å². The number of nitrogens with one attached hydrogen (secondary N) is 2. The zero-order chi connectivity index (χ0) is 12.1. The number of carbonyl (C=O) groups excluding carboxylic acids is 1. The van der Waals surface area contributed by atoms with E-state index in [4.69, 9.17) is 0 Å². The number of amides is 1. The van der Waals surface area contributed by atoms with E-state index in [1.165, 1.54) is 5.56 Å². The normalized spacial score (nSPS) is 10.2. The van der Waals surface area contributed by atoms with Crippen LogP contribution in [0.4, 0.5) is 0 Å². The summed E-state index contributed by atoms with van der Waals surface area (Å²) in [5.74, 6) is -0.0767. The fourth-order valence-electron chi connectivity index (χ4n) is 1.64. The molecule has 0 unspecified atom stereocenters. The molecule has 4 heteroatoms. The molecular formula is C13H15N3O. The highest BCUT2D eigenvalue weighted by molar-refractivity contribution is 5.94. The maximum atomic E-state index is 11.7. The van der Waals surface area contributed by atoms with Gasteiger partial charge in [0.05, 0.1) is 11.8 Å². The number of hydrogen-bond donors (Lipinski definition) is 2. The van der Waals surface area contributed by atoms with Crippen LogP contribution in [0.5, 0.6) is 0 Å². The van der Waals surface area contributed by atoms with Crippen LogP contribution < -0.4 is 5.32 Å². The van der Waals surface area contributed by atoms with Gasteiger partial charge in [-0.25, -0.2) is 0 Å². The first-order chi connectivity index (χ1) is 8.27. The predicted molar refractivity (Wildman–Crippen MR) is 65.8 cm³/mol. The average molecular weight is 229 g/mol. The van der Waals surface area contributed by atoms with Crippen LogP contribution >= 0.6 is 0 Å². The zero-order valence-corrected chi connectivity index (χ0v) is 9.73. The molecule has 0 fully saturated rings. The van der Waals surface area contributed by atoms with Gasteiger partial charge in [-0.3, -0.25) is 9.89 Å². The quantitative estimate of drug-likeness (QED) is 0.838. The Morgan fingerprint density at radius 1 is 1.35 bits per heavy atom. The lowest BCUT2D eigenvalue weighted by Gasteiger charge is -2.04. The van der Waals surface area contributed by atoms with Gasteiger partial charge < -0.3 is 5.32 Å². The lowest BCUT2D eigenvalue weighted by molar-refractivity contribution is 0.0953. The molecule has 17 heavy (non-hydrogen) atoms. The summed E-state index contributed by atoms with van der Waals surface area (Å²) >= 11 is 0. The third-order valence-corrected chi connectivity index (χ3v) is 2.62. The number of nitrogens with zero attached hydrogens (tertiary/aromatic N) is 1. The Bertz CT molecular complexity index is 490. The van der Waals surface area contributed by atoms with E-state index in [0.29, 0.717) is 12.1 Å². The molecule has 2 aromatic rings. The van der Waals surface area contributed by atoms with E-state index in [9.17, 15) is 4.79 Å². The van der Waals surface area contributed by atoms with Crippen LogP contribution in [0.25, 0.3) is 0 Å². The Morgan fingerprint density at radius 2 is 2.12 bits per heavy atom. The van der Waals surface area contributed by atoms with E-state index in [1.54, 1.807) is 6.20 Å². The van der Waals surface area contributed by atoms with Crippen molar-refractivity contribution in [1.29, 1.82) is 0 Å². The molecule has 4 nitrogen and oxygen atoms in total. The van der Waals surface area contributed by atoms with E-state index in [0.717, 1.165) is 12.1 Å². The zero-order valence-electron chi connectivity index (χ0n) is 9.73. The number of aromatic amines is 1. The second-order valence-electron chi connectivity index (χ2n) is 3.90. The van der Waals surface area contributed by atoms with Gasteiger partial charge in [-0.1, -0.05) is 30.3 Å². The molecule has 0 bridgehead atoms. The van der Waals surface area contributed by atoms with Crippen LogP contribution in [0, 0.1) is 6.92 Å². The van der Waals surface area contributed by atoms with Gasteiger partial charge in [0, 0.05) is 12.2 Å². The molecule has 0 spiro atoms. The Balaban J connectivity index is 1.84. The fraction of sp³-hybridized carbons (Fsp3) is 0.231. The van der Waals surface area contributed by atoms with E-state index in [2.05, 4.69) is 27.6 Å². The molecule has 88 valence electrons. The lowest BCUT2D eigenvalue weighted by atomic mass is 10.1. The van der Waals surface area contributed by atoms with Gasteiger partial charge in [0.2, 0.25) is 0 Å². The third kappa shape index (κ3) is 2.93. The molecular weight excluding hydrogens is 214 g/mol. The van der Waals surface area contributed by atoms with Gasteiger partial charge in [0.1, 0.15) is 0 Å². The topological polar surface area (TPSA) is 57.8 Å². The monoisotopic (exact) mass is 229 g/mol. The number of H-pyrrole nitrogens is 1. The van der Waals surface area contributed by atoms with Gasteiger partial charge in [-0.05, 0) is 18.9 Å². The largest absolute Gasteiger partial charge is 0.352 e. The highest BCUT2D eigenvalue weighted by atomic mass is 16.1. The summed E-state index contributed by atoms with van der Waals surface area (Å²) in [7, 11) is 0. The first kappa shape index (κ1) is 11.4. The van der Waals surface area contributed by atoms with Crippen molar-refractivity contribution in [2.45, 2.75) is 13.3 Å². The van der Waals surface area contributed by atoms with Crippen molar-refractivity contribution >= 4 is 5.91 Å². The molecule has 0 aliphatic carbocycles. The molecule has 0 aliphatic rings. The Kier molecular flexibility index (Phi) is 3.55. The van der Waals surface area contributed by atoms with Crippen molar-refractivity contribution < 1.29 is 4.79 Å². The van der Waals surface area contributed by atoms with Crippen molar-refractivity contribution in [2.75, 3.05) is 6.54 Å². The van der Waals surface area contributed by atoms with Gasteiger partial charge in [0.15, 0.2) is 0 Å². The van der Waals surface area contributed by atoms with Crippen molar-refractivity contribution in [3.8, 4) is 0 Å². The summed E-state index contributed by atoms with van der Waals surface area (Å²) < 4.78 is 0. The first-order valence-electron chi connectivity index (χ1n) is 5.59. The molecule has 2 rings (SSSR count). The maximum Gasteiger partial charge on any atom is 0.254 e. The maximum absolute atomic E-state index is 11.7. The van der Waals surface area contributed by atoms with Gasteiger partial charge in [-0.2, -0.15) is 5.10 Å². The predicted octanol–water partition coefficient (Wildman–Crippen LogP) is 1.69. The molecule has 1 aromatic carbocycles. The highest BCUT2D eigenvalue weighted by Crippen LogP contribution is 2.02. The van der Waals surface area contributed by atoms with Gasteiger partial charge in [-0.15, -0.1) is 0 Å². The molecule has 2 N–H and O–H groups in total. The van der Waals surface area contributed by atoms with E-state index < -0.39 is 0 Å². The number of aromatic nitrogens is 2. The molecule has 0 saturated heterocycles. The summed E-state index contributed by atoms with van der Waals surface area (Å²) in [5.41, 5.74) is 2.62. The summed E-state index contributed by atoms with van der Waals surface area (Å²) in [6, 6.07) is 10.1. The summed E-state index contributed by atoms with van der Waals surface area (Å²) in [4.78, 5) is 11.7. The summed E-state index contributed by atoms with van der Waals surface area (Å²) in [6.45, 7) is 2.46. The molecule has 0 aliphatic heterocycles. The van der Waals surface area contributed by atoms with Crippen molar-refractivity contribution in [1.82, 2.24) is 15.5 Å². The summed E-state index contributed by atoms with van der Waals surface area (Å²) in [5, 5.41) is 9.45. The van der Waals surface area contributed by atoms with Crippen LogP contribution in [0.2, 0.25) is 0 Å². The standard InChI is InChI=1S/C13H15N3O/c1-10-12(9-15-16-10)13(17)14-8-7-11-5-3-2-4-6-11/h2-6,9H,7-8H2,1H3,(H,14,17)(H,15,16). The minimum atomic E-state index is -0.0767. The van der Waals surface area contributed by atoms with Crippen molar-refractivity contribution in [3.63, 3.8) is 0 Å². The highest BCUT2D eigenvalue weighted by Gasteiger charge is 2.09. The number of hydrogen-bond acceptors (Lipinski definition) is 2. The van der Waals surface area contributed by atoms with Gasteiger partial charge in [0.25, 0.3) is 5.91 Å². The number of rotatable bonds is 4. The van der Waals surface area contributed by atoms with E-state index >= 15 is 0 Å². The van der Waals surface area contributed by atoms with Crippen LogP contribution in [0.1, 0.15) is 21.6 Å². The fourth-order valence-corrected chi connectivity index (χ4v) is 1.64. The Hall–Kier alpha value is -2.10. The van der Waals surface area contributed by atoms with Crippen LogP contribution in [-0.4, -0.2) is 22.6 Å². The minimum absolute atomic E-state index is 0.0767. The second-order valence-corrected chi connectivity index (χ2v) is 3.90. The number of aryl methyl sites for hydroxylation is 1. The number of benzene rings is 1. The van der Waals surface area contributed by atoms with Crippen molar-refractivity contribution in [2.24, 2.45) is 0 Å². The van der Waals surface area contributed by atoms with E-state index in [1.807, 2.05) is 25.1 Å². The SMILES string of the molecule is Cc1[nH]ncc1C(=O)NCCc1ccccc1. The van der Waals surface area contributed by atoms with Gasteiger partial charge >= 0.3 is 0 Å². The molecule has 0 atom stereocenters. The lowest BCUT2D eigenvalue weighted by Crippen LogP contribution is -2.25. The minimum Gasteiger partial charge on any atom is -0.352 e. The van der Waals surface area contributed by atoms with Crippen LogP contribution in [-0.2, 0) is 6.42 Å². The summed E-state index contributed by atoms with van der Waals surface area (Å²) in [6.07, 6.45) is 2.39. The molecule has 0 radical (unpaired) electrons. The second kappa shape index (κ2) is 5.30. The van der Waals surface area contributed by atoms with Crippen molar-refractivity contribution in [3.05, 3.63) is 53.3 Å².